The van der Waals surface area contributed by atoms with E-state index in [0.717, 1.165) is 5.56 Å². The Kier molecular flexibility index (Phi) is 4.60. The average Bonchev–Trinajstić information content (AvgIpc) is 3.02. The van der Waals surface area contributed by atoms with Gasteiger partial charge < -0.3 is 9.26 Å². The highest BCUT2D eigenvalue weighted by Crippen LogP contribution is 2.19. The highest BCUT2D eigenvalue weighted by Gasteiger charge is 2.12. The molecule has 0 aliphatic carbocycles. The van der Waals surface area contributed by atoms with Crippen molar-refractivity contribution in [1.29, 1.82) is 0 Å². The number of hydrogen-bond acceptors (Lipinski definition) is 5. The van der Waals surface area contributed by atoms with Gasteiger partial charge in [0.05, 0.1) is 5.56 Å². The van der Waals surface area contributed by atoms with Crippen LogP contribution in [0.4, 0.5) is 0 Å². The van der Waals surface area contributed by atoms with Crippen molar-refractivity contribution in [3.05, 3.63) is 70.0 Å². The standard InChI is InChI=1S/C16H10Cl2N2O3/c17-12-6-4-10(5-7-12)15-19-14(23-20-15)9-22-16(21)11-2-1-3-13(18)8-11/h1-8H,9H2. The molecule has 0 saturated heterocycles. The van der Waals surface area contributed by atoms with Crippen molar-refractivity contribution in [2.75, 3.05) is 0 Å². The minimum Gasteiger partial charge on any atom is -0.452 e. The number of carbonyl (C=O) groups excluding carboxylic acids is 1. The fraction of sp³-hybridized carbons (Fsp3) is 0.0625. The molecule has 0 bridgehead atoms. The van der Waals surface area contributed by atoms with Gasteiger partial charge in [-0.3, -0.25) is 0 Å². The first-order chi connectivity index (χ1) is 11.1. The van der Waals surface area contributed by atoms with Gasteiger partial charge >= 0.3 is 5.97 Å². The van der Waals surface area contributed by atoms with Gasteiger partial charge in [-0.25, -0.2) is 4.79 Å². The van der Waals surface area contributed by atoms with Crippen molar-refractivity contribution in [3.8, 4) is 11.4 Å². The van der Waals surface area contributed by atoms with Gasteiger partial charge in [-0.05, 0) is 42.5 Å². The average molecular weight is 349 g/mol. The first-order valence-electron chi connectivity index (χ1n) is 6.63. The summed E-state index contributed by atoms with van der Waals surface area (Å²) in [5.74, 6) is 0.0829. The first kappa shape index (κ1) is 15.5. The number of halogens is 2. The molecule has 116 valence electrons. The maximum atomic E-state index is 11.9. The zero-order valence-electron chi connectivity index (χ0n) is 11.7. The lowest BCUT2D eigenvalue weighted by Crippen LogP contribution is -2.05. The van der Waals surface area contributed by atoms with Crippen LogP contribution in [0, 0.1) is 0 Å². The number of aromatic nitrogens is 2. The number of ether oxygens (including phenoxy) is 1. The number of nitrogens with zero attached hydrogens (tertiary/aromatic N) is 2. The lowest BCUT2D eigenvalue weighted by molar-refractivity contribution is 0.0430. The van der Waals surface area contributed by atoms with Crippen molar-refractivity contribution < 1.29 is 14.1 Å². The minimum absolute atomic E-state index is 0.119. The van der Waals surface area contributed by atoms with Crippen LogP contribution in [0.5, 0.6) is 0 Å². The lowest BCUT2D eigenvalue weighted by Gasteiger charge is -2.01. The Labute approximate surface area is 141 Å². The zero-order chi connectivity index (χ0) is 16.2. The molecule has 0 fully saturated rings. The van der Waals surface area contributed by atoms with E-state index in [1.54, 1.807) is 42.5 Å². The molecule has 3 aromatic rings. The molecule has 1 aromatic heterocycles. The van der Waals surface area contributed by atoms with Crippen LogP contribution in [-0.2, 0) is 11.3 Å². The summed E-state index contributed by atoms with van der Waals surface area (Å²) in [6.07, 6.45) is 0. The van der Waals surface area contributed by atoms with Crippen molar-refractivity contribution >= 4 is 29.2 Å². The van der Waals surface area contributed by atoms with Crippen molar-refractivity contribution in [1.82, 2.24) is 10.1 Å². The molecular formula is C16H10Cl2N2O3. The summed E-state index contributed by atoms with van der Waals surface area (Å²) in [5, 5.41) is 4.92. The molecule has 0 aliphatic rings. The van der Waals surface area contributed by atoms with Crippen LogP contribution in [0.1, 0.15) is 16.2 Å². The van der Waals surface area contributed by atoms with E-state index in [2.05, 4.69) is 10.1 Å². The Bertz CT molecular complexity index is 831. The van der Waals surface area contributed by atoms with Crippen LogP contribution in [-0.4, -0.2) is 16.1 Å². The number of esters is 1. The Morgan fingerprint density at radius 1 is 1.09 bits per heavy atom. The Hall–Kier alpha value is -2.37. The molecule has 3 rings (SSSR count). The molecule has 0 atom stereocenters. The molecule has 0 amide bonds. The maximum absolute atomic E-state index is 11.9. The smallest absolute Gasteiger partial charge is 0.338 e. The molecule has 0 spiro atoms. The summed E-state index contributed by atoms with van der Waals surface area (Å²) in [6.45, 7) is -0.119. The molecule has 1 heterocycles. The number of benzene rings is 2. The summed E-state index contributed by atoms with van der Waals surface area (Å²) < 4.78 is 10.2. The quantitative estimate of drug-likeness (QED) is 0.653. The monoisotopic (exact) mass is 348 g/mol. The topological polar surface area (TPSA) is 65.2 Å². The van der Waals surface area contributed by atoms with Crippen molar-refractivity contribution in [2.45, 2.75) is 6.61 Å². The summed E-state index contributed by atoms with van der Waals surface area (Å²) in [6, 6.07) is 13.5. The van der Waals surface area contributed by atoms with Crippen LogP contribution in [0.3, 0.4) is 0 Å². The summed E-state index contributed by atoms with van der Waals surface area (Å²) in [5.41, 5.74) is 1.11. The second-order valence-corrected chi connectivity index (χ2v) is 5.48. The highest BCUT2D eigenvalue weighted by atomic mass is 35.5. The predicted molar refractivity (Wildman–Crippen MR) is 85.3 cm³/mol. The molecule has 0 unspecified atom stereocenters. The van der Waals surface area contributed by atoms with E-state index in [0.29, 0.717) is 21.4 Å². The first-order valence-corrected chi connectivity index (χ1v) is 7.38. The fourth-order valence-corrected chi connectivity index (χ4v) is 2.17. The van der Waals surface area contributed by atoms with Crippen molar-refractivity contribution in [3.63, 3.8) is 0 Å². The molecule has 5 nitrogen and oxygen atoms in total. The third kappa shape index (κ3) is 3.88. The molecule has 0 radical (unpaired) electrons. The molecule has 23 heavy (non-hydrogen) atoms. The normalized spacial score (nSPS) is 10.5. The highest BCUT2D eigenvalue weighted by molar-refractivity contribution is 6.31. The minimum atomic E-state index is -0.515. The Morgan fingerprint density at radius 2 is 1.87 bits per heavy atom. The van der Waals surface area contributed by atoms with Gasteiger partial charge in [0.25, 0.3) is 5.89 Å². The van der Waals surface area contributed by atoms with Gasteiger partial charge in [-0.2, -0.15) is 4.98 Å². The van der Waals surface area contributed by atoms with Gasteiger partial charge in [0.2, 0.25) is 5.82 Å². The predicted octanol–water partition coefficient (Wildman–Crippen LogP) is 4.40. The maximum Gasteiger partial charge on any atom is 0.338 e. The molecule has 0 N–H and O–H groups in total. The summed E-state index contributed by atoms with van der Waals surface area (Å²) in [7, 11) is 0. The van der Waals surface area contributed by atoms with E-state index in [9.17, 15) is 4.79 Å². The largest absolute Gasteiger partial charge is 0.452 e. The zero-order valence-corrected chi connectivity index (χ0v) is 13.2. The van der Waals surface area contributed by atoms with Gasteiger partial charge in [0, 0.05) is 15.6 Å². The molecular weight excluding hydrogens is 339 g/mol. The Morgan fingerprint density at radius 3 is 2.61 bits per heavy atom. The van der Waals surface area contributed by atoms with Crippen molar-refractivity contribution in [2.24, 2.45) is 0 Å². The third-order valence-electron chi connectivity index (χ3n) is 2.96. The second-order valence-electron chi connectivity index (χ2n) is 4.61. The molecule has 7 heteroatoms. The number of carbonyl (C=O) groups is 1. The summed E-state index contributed by atoms with van der Waals surface area (Å²) >= 11 is 11.7. The van der Waals surface area contributed by atoms with E-state index in [-0.39, 0.29) is 12.5 Å². The third-order valence-corrected chi connectivity index (χ3v) is 3.44. The van der Waals surface area contributed by atoms with Gasteiger partial charge in [-0.1, -0.05) is 34.4 Å². The fourth-order valence-electron chi connectivity index (χ4n) is 1.86. The van der Waals surface area contributed by atoms with E-state index in [1.165, 1.54) is 6.07 Å². The van der Waals surface area contributed by atoms with E-state index < -0.39 is 5.97 Å². The van der Waals surface area contributed by atoms with Crippen LogP contribution in [0.2, 0.25) is 10.0 Å². The van der Waals surface area contributed by atoms with Crippen LogP contribution < -0.4 is 0 Å². The molecule has 2 aromatic carbocycles. The lowest BCUT2D eigenvalue weighted by atomic mass is 10.2. The van der Waals surface area contributed by atoms with E-state index in [4.69, 9.17) is 32.5 Å². The van der Waals surface area contributed by atoms with Gasteiger partial charge in [0.1, 0.15) is 0 Å². The molecule has 0 saturated carbocycles. The number of rotatable bonds is 4. The van der Waals surface area contributed by atoms with Crippen LogP contribution in [0.15, 0.2) is 53.1 Å². The van der Waals surface area contributed by atoms with E-state index in [1.807, 2.05) is 0 Å². The second kappa shape index (κ2) is 6.81. The van der Waals surface area contributed by atoms with Crippen LogP contribution in [0.25, 0.3) is 11.4 Å². The van der Waals surface area contributed by atoms with E-state index >= 15 is 0 Å². The Balaban J connectivity index is 1.65. The van der Waals surface area contributed by atoms with Crippen LogP contribution >= 0.6 is 23.2 Å². The van der Waals surface area contributed by atoms with Gasteiger partial charge in [0.15, 0.2) is 6.61 Å². The number of hydrogen-bond donors (Lipinski definition) is 0. The SMILES string of the molecule is O=C(OCc1nc(-c2ccc(Cl)cc2)no1)c1cccc(Cl)c1. The summed E-state index contributed by atoms with van der Waals surface area (Å²) in [4.78, 5) is 16.1. The molecule has 0 aliphatic heterocycles. The van der Waals surface area contributed by atoms with Gasteiger partial charge in [-0.15, -0.1) is 0 Å².